The van der Waals surface area contributed by atoms with E-state index in [1.165, 1.54) is 0 Å². The minimum absolute atomic E-state index is 0.465. The van der Waals surface area contributed by atoms with Crippen molar-refractivity contribution in [2.24, 2.45) is 0 Å². The second-order valence-electron chi connectivity index (χ2n) is 3.06. The smallest absolute Gasteiger partial charge is 0.137 e. The predicted molar refractivity (Wildman–Crippen MR) is 57.6 cm³/mol. The van der Waals surface area contributed by atoms with Crippen molar-refractivity contribution >= 4 is 5.69 Å². The van der Waals surface area contributed by atoms with Gasteiger partial charge >= 0.3 is 0 Å². The summed E-state index contributed by atoms with van der Waals surface area (Å²) >= 11 is 0. The third-order valence-electron chi connectivity index (χ3n) is 1.87. The maximum atomic E-state index is 8.84. The third-order valence-corrected chi connectivity index (χ3v) is 1.87. The first-order chi connectivity index (χ1) is 7.27. The van der Waals surface area contributed by atoms with Crippen LogP contribution in [0.3, 0.4) is 0 Å². The van der Waals surface area contributed by atoms with Gasteiger partial charge in [0.25, 0.3) is 0 Å². The molecule has 0 atom stereocenters. The van der Waals surface area contributed by atoms with Gasteiger partial charge < -0.3 is 15.2 Å². The molecule has 4 nitrogen and oxygen atoms in total. The molecule has 15 heavy (non-hydrogen) atoms. The molecule has 80 valence electrons. The fraction of sp³-hybridized carbons (Fsp3) is 0.364. The molecular weight excluding hydrogens is 192 g/mol. The number of nitrogens with zero attached hydrogens (tertiary/aromatic N) is 1. The number of nitrogen functional groups attached to an aromatic ring is 1. The zero-order chi connectivity index (χ0) is 11.1. The van der Waals surface area contributed by atoms with Gasteiger partial charge in [-0.3, -0.25) is 0 Å². The van der Waals surface area contributed by atoms with Crippen molar-refractivity contribution in [3.8, 4) is 11.8 Å². The van der Waals surface area contributed by atoms with E-state index in [2.05, 4.69) is 0 Å². The molecule has 0 spiro atoms. The van der Waals surface area contributed by atoms with Crippen LogP contribution >= 0.6 is 0 Å². The van der Waals surface area contributed by atoms with Gasteiger partial charge in [0, 0.05) is 25.8 Å². The Bertz CT molecular complexity index is 358. The van der Waals surface area contributed by atoms with Crippen LogP contribution in [0, 0.1) is 11.3 Å². The maximum Gasteiger partial charge on any atom is 0.137 e. The van der Waals surface area contributed by atoms with E-state index in [-0.39, 0.29) is 0 Å². The molecule has 0 saturated carbocycles. The van der Waals surface area contributed by atoms with Crippen LogP contribution < -0.4 is 10.5 Å². The van der Waals surface area contributed by atoms with Crippen molar-refractivity contribution in [2.75, 3.05) is 26.1 Å². The molecular formula is C11H14N2O2. The van der Waals surface area contributed by atoms with Crippen molar-refractivity contribution in [3.63, 3.8) is 0 Å². The molecule has 1 aromatic rings. The first-order valence-corrected chi connectivity index (χ1v) is 4.69. The number of nitriles is 1. The number of anilines is 1. The highest BCUT2D eigenvalue weighted by Gasteiger charge is 2.02. The molecule has 0 aliphatic carbocycles. The lowest BCUT2D eigenvalue weighted by atomic mass is 10.2. The van der Waals surface area contributed by atoms with Gasteiger partial charge in [0.2, 0.25) is 0 Å². The van der Waals surface area contributed by atoms with E-state index < -0.39 is 0 Å². The summed E-state index contributed by atoms with van der Waals surface area (Å²) in [7, 11) is 1.64. The Labute approximate surface area is 89.2 Å². The first-order valence-electron chi connectivity index (χ1n) is 4.69. The van der Waals surface area contributed by atoms with Crippen LogP contribution in [0.5, 0.6) is 5.75 Å². The minimum Gasteiger partial charge on any atom is -0.492 e. The first kappa shape index (κ1) is 11.3. The normalized spacial score (nSPS) is 9.60. The molecule has 0 saturated heterocycles. The molecule has 4 heteroatoms. The number of hydrogen-bond donors (Lipinski definition) is 1. The Kier molecular flexibility index (Phi) is 4.45. The van der Waals surface area contributed by atoms with Gasteiger partial charge in [-0.1, -0.05) is 0 Å². The van der Waals surface area contributed by atoms with E-state index >= 15 is 0 Å². The fourth-order valence-electron chi connectivity index (χ4n) is 1.15. The van der Waals surface area contributed by atoms with Gasteiger partial charge in [-0.25, -0.2) is 0 Å². The molecule has 0 amide bonds. The highest BCUT2D eigenvalue weighted by atomic mass is 16.5. The van der Waals surface area contributed by atoms with Crippen LogP contribution in [-0.4, -0.2) is 20.3 Å². The topological polar surface area (TPSA) is 68.3 Å². The van der Waals surface area contributed by atoms with Gasteiger partial charge in [0.05, 0.1) is 12.2 Å². The lowest BCUT2D eigenvalue weighted by Gasteiger charge is -2.07. The lowest BCUT2D eigenvalue weighted by molar-refractivity contribution is 0.172. The molecule has 0 fully saturated rings. The number of rotatable bonds is 5. The summed E-state index contributed by atoms with van der Waals surface area (Å²) in [6.45, 7) is 1.18. The summed E-state index contributed by atoms with van der Waals surface area (Å²) in [5.74, 6) is 0.572. The molecule has 1 aromatic carbocycles. The Morgan fingerprint density at radius 3 is 2.87 bits per heavy atom. The predicted octanol–water partition coefficient (Wildman–Crippen LogP) is 1.56. The standard InChI is InChI=1S/C11H14N2O2/c1-14-5-2-6-15-11-4-3-10(13)7-9(11)8-12/h3-4,7H,2,5-6,13H2,1H3. The SMILES string of the molecule is COCCCOc1ccc(N)cc1C#N. The van der Waals surface area contributed by atoms with E-state index in [1.54, 1.807) is 25.3 Å². The highest BCUT2D eigenvalue weighted by Crippen LogP contribution is 2.20. The quantitative estimate of drug-likeness (QED) is 0.586. The molecule has 0 unspecified atom stereocenters. The maximum absolute atomic E-state index is 8.84. The zero-order valence-electron chi connectivity index (χ0n) is 8.69. The Hall–Kier alpha value is -1.73. The molecule has 2 N–H and O–H groups in total. The van der Waals surface area contributed by atoms with Crippen molar-refractivity contribution in [1.82, 2.24) is 0 Å². The lowest BCUT2D eigenvalue weighted by Crippen LogP contribution is -2.02. The minimum atomic E-state index is 0.465. The van der Waals surface area contributed by atoms with Crippen molar-refractivity contribution in [3.05, 3.63) is 23.8 Å². The van der Waals surface area contributed by atoms with Crippen molar-refractivity contribution < 1.29 is 9.47 Å². The van der Waals surface area contributed by atoms with E-state index in [4.69, 9.17) is 20.5 Å². The van der Waals surface area contributed by atoms with Gasteiger partial charge in [0.1, 0.15) is 11.8 Å². The second kappa shape index (κ2) is 5.89. The molecule has 0 heterocycles. The average molecular weight is 206 g/mol. The van der Waals surface area contributed by atoms with Crippen LogP contribution in [0.2, 0.25) is 0 Å². The number of benzene rings is 1. The summed E-state index contributed by atoms with van der Waals surface area (Å²) in [5.41, 5.74) is 6.58. The Balaban J connectivity index is 2.57. The number of hydrogen-bond acceptors (Lipinski definition) is 4. The highest BCUT2D eigenvalue weighted by molar-refractivity contribution is 5.53. The summed E-state index contributed by atoms with van der Waals surface area (Å²) < 4.78 is 10.3. The average Bonchev–Trinajstić information content (AvgIpc) is 2.26. The van der Waals surface area contributed by atoms with Crippen LogP contribution in [0.1, 0.15) is 12.0 Å². The molecule has 0 aliphatic rings. The molecule has 0 bridgehead atoms. The second-order valence-corrected chi connectivity index (χ2v) is 3.06. The van der Waals surface area contributed by atoms with Crippen LogP contribution in [-0.2, 0) is 4.74 Å². The summed E-state index contributed by atoms with van der Waals surface area (Å²) in [4.78, 5) is 0. The Morgan fingerprint density at radius 2 is 2.20 bits per heavy atom. The number of methoxy groups -OCH3 is 1. The van der Waals surface area contributed by atoms with Crippen molar-refractivity contribution in [2.45, 2.75) is 6.42 Å². The van der Waals surface area contributed by atoms with Crippen LogP contribution in [0.4, 0.5) is 5.69 Å². The zero-order valence-corrected chi connectivity index (χ0v) is 8.69. The molecule has 0 aliphatic heterocycles. The molecule has 0 aromatic heterocycles. The van der Waals surface area contributed by atoms with Crippen LogP contribution in [0.15, 0.2) is 18.2 Å². The summed E-state index contributed by atoms with van der Waals surface area (Å²) in [5, 5.41) is 8.84. The van der Waals surface area contributed by atoms with Crippen molar-refractivity contribution in [1.29, 1.82) is 5.26 Å². The largest absolute Gasteiger partial charge is 0.492 e. The van der Waals surface area contributed by atoms with Gasteiger partial charge in [-0.2, -0.15) is 5.26 Å². The number of nitrogens with two attached hydrogens (primary N) is 1. The number of ether oxygens (including phenoxy) is 2. The molecule has 0 radical (unpaired) electrons. The van der Waals surface area contributed by atoms with Gasteiger partial charge in [0.15, 0.2) is 0 Å². The fourth-order valence-corrected chi connectivity index (χ4v) is 1.15. The van der Waals surface area contributed by atoms with E-state index in [0.717, 1.165) is 6.42 Å². The van der Waals surface area contributed by atoms with E-state index in [0.29, 0.717) is 30.2 Å². The van der Waals surface area contributed by atoms with E-state index in [9.17, 15) is 0 Å². The molecule has 1 rings (SSSR count). The monoisotopic (exact) mass is 206 g/mol. The van der Waals surface area contributed by atoms with Crippen LogP contribution in [0.25, 0.3) is 0 Å². The summed E-state index contributed by atoms with van der Waals surface area (Å²) in [6, 6.07) is 7.07. The van der Waals surface area contributed by atoms with Gasteiger partial charge in [-0.05, 0) is 18.2 Å². The van der Waals surface area contributed by atoms with E-state index in [1.807, 2.05) is 6.07 Å². The third kappa shape index (κ3) is 3.49. The summed E-state index contributed by atoms with van der Waals surface area (Å²) in [6.07, 6.45) is 0.797. The van der Waals surface area contributed by atoms with Gasteiger partial charge in [-0.15, -0.1) is 0 Å². The Morgan fingerprint density at radius 1 is 1.40 bits per heavy atom.